The van der Waals surface area contributed by atoms with Crippen LogP contribution in [-0.2, 0) is 6.54 Å². The molecule has 1 saturated carbocycles. The standard InChI is InChI=1S/C13H22N2O/c1-4-11-5-6-12(7-11)14-8-13-15-9(2)10(3)16-13/h11-12,14H,4-8H2,1-3H3. The number of nitrogens with zero attached hydrogens (tertiary/aromatic N) is 1. The lowest BCUT2D eigenvalue weighted by Gasteiger charge is -2.10. The van der Waals surface area contributed by atoms with Gasteiger partial charge in [0, 0.05) is 6.04 Å². The van der Waals surface area contributed by atoms with Crippen molar-refractivity contribution in [1.82, 2.24) is 10.3 Å². The molecule has 0 radical (unpaired) electrons. The second kappa shape index (κ2) is 5.00. The zero-order valence-electron chi connectivity index (χ0n) is 10.5. The predicted molar refractivity (Wildman–Crippen MR) is 64.2 cm³/mol. The van der Waals surface area contributed by atoms with E-state index < -0.39 is 0 Å². The van der Waals surface area contributed by atoms with Crippen LogP contribution in [0.25, 0.3) is 0 Å². The summed E-state index contributed by atoms with van der Waals surface area (Å²) in [5, 5.41) is 3.55. The van der Waals surface area contributed by atoms with E-state index in [2.05, 4.69) is 17.2 Å². The summed E-state index contributed by atoms with van der Waals surface area (Å²) in [5.41, 5.74) is 1.01. The molecule has 90 valence electrons. The lowest BCUT2D eigenvalue weighted by molar-refractivity contribution is 0.413. The number of aromatic nitrogens is 1. The molecule has 0 amide bonds. The molecule has 16 heavy (non-hydrogen) atoms. The number of nitrogens with one attached hydrogen (secondary N) is 1. The van der Waals surface area contributed by atoms with Gasteiger partial charge in [0.15, 0.2) is 0 Å². The Morgan fingerprint density at radius 2 is 2.19 bits per heavy atom. The van der Waals surface area contributed by atoms with E-state index in [0.717, 1.165) is 29.8 Å². The van der Waals surface area contributed by atoms with Crippen LogP contribution in [0.5, 0.6) is 0 Å². The van der Waals surface area contributed by atoms with Gasteiger partial charge in [0.25, 0.3) is 0 Å². The van der Waals surface area contributed by atoms with Crippen LogP contribution < -0.4 is 5.32 Å². The summed E-state index contributed by atoms with van der Waals surface area (Å²) in [4.78, 5) is 4.38. The molecule has 3 nitrogen and oxygen atoms in total. The molecule has 2 rings (SSSR count). The van der Waals surface area contributed by atoms with Crippen molar-refractivity contribution in [3.05, 3.63) is 17.3 Å². The Bertz CT molecular complexity index is 326. The van der Waals surface area contributed by atoms with Crippen molar-refractivity contribution in [2.45, 2.75) is 59.0 Å². The first kappa shape index (κ1) is 11.6. The fourth-order valence-electron chi connectivity index (χ4n) is 2.48. The highest BCUT2D eigenvalue weighted by molar-refractivity contribution is 5.05. The van der Waals surface area contributed by atoms with E-state index in [1.54, 1.807) is 0 Å². The molecule has 1 N–H and O–H groups in total. The van der Waals surface area contributed by atoms with Crippen molar-refractivity contribution in [3.8, 4) is 0 Å². The number of rotatable bonds is 4. The first-order chi connectivity index (χ1) is 7.69. The molecule has 0 saturated heterocycles. The Balaban J connectivity index is 1.79. The first-order valence-corrected chi connectivity index (χ1v) is 6.35. The third kappa shape index (κ3) is 2.64. The van der Waals surface area contributed by atoms with E-state index in [1.807, 2.05) is 13.8 Å². The molecule has 0 aliphatic heterocycles. The summed E-state index contributed by atoms with van der Waals surface area (Å²) in [7, 11) is 0. The average molecular weight is 222 g/mol. The Morgan fingerprint density at radius 1 is 1.38 bits per heavy atom. The van der Waals surface area contributed by atoms with Gasteiger partial charge in [0.05, 0.1) is 12.2 Å². The van der Waals surface area contributed by atoms with Crippen LogP contribution in [0, 0.1) is 19.8 Å². The fraction of sp³-hybridized carbons (Fsp3) is 0.769. The van der Waals surface area contributed by atoms with Gasteiger partial charge in [-0.05, 0) is 39.0 Å². The third-order valence-electron chi connectivity index (χ3n) is 3.73. The maximum Gasteiger partial charge on any atom is 0.208 e. The van der Waals surface area contributed by atoms with Gasteiger partial charge in [-0.3, -0.25) is 0 Å². The molecule has 1 aromatic rings. The van der Waals surface area contributed by atoms with Crippen molar-refractivity contribution < 1.29 is 4.42 Å². The van der Waals surface area contributed by atoms with Crippen molar-refractivity contribution in [3.63, 3.8) is 0 Å². The van der Waals surface area contributed by atoms with Crippen LogP contribution in [0.15, 0.2) is 4.42 Å². The Kier molecular flexibility index (Phi) is 3.64. The molecule has 2 unspecified atom stereocenters. The van der Waals surface area contributed by atoms with Crippen LogP contribution in [0.2, 0.25) is 0 Å². The third-order valence-corrected chi connectivity index (χ3v) is 3.73. The van der Waals surface area contributed by atoms with Crippen molar-refractivity contribution in [2.24, 2.45) is 5.92 Å². The Hall–Kier alpha value is -0.830. The van der Waals surface area contributed by atoms with Crippen LogP contribution in [-0.4, -0.2) is 11.0 Å². The first-order valence-electron chi connectivity index (χ1n) is 6.35. The molecule has 1 aliphatic carbocycles. The summed E-state index contributed by atoms with van der Waals surface area (Å²) >= 11 is 0. The fourth-order valence-corrected chi connectivity index (χ4v) is 2.48. The van der Waals surface area contributed by atoms with Crippen molar-refractivity contribution in [2.75, 3.05) is 0 Å². The predicted octanol–water partition coefficient (Wildman–Crippen LogP) is 2.96. The molecule has 0 bridgehead atoms. The molecule has 3 heteroatoms. The maximum atomic E-state index is 5.55. The minimum Gasteiger partial charge on any atom is -0.444 e. The van der Waals surface area contributed by atoms with E-state index in [-0.39, 0.29) is 0 Å². The Labute approximate surface area is 97.6 Å². The van der Waals surface area contributed by atoms with Crippen molar-refractivity contribution in [1.29, 1.82) is 0 Å². The largest absolute Gasteiger partial charge is 0.444 e. The molecular formula is C13H22N2O. The van der Waals surface area contributed by atoms with E-state index >= 15 is 0 Å². The van der Waals surface area contributed by atoms with E-state index in [9.17, 15) is 0 Å². The van der Waals surface area contributed by atoms with Crippen LogP contribution in [0.4, 0.5) is 0 Å². The second-order valence-corrected chi connectivity index (χ2v) is 4.91. The lowest BCUT2D eigenvalue weighted by Crippen LogP contribution is -2.26. The molecule has 1 heterocycles. The lowest BCUT2D eigenvalue weighted by atomic mass is 10.1. The van der Waals surface area contributed by atoms with Crippen molar-refractivity contribution >= 4 is 0 Å². The van der Waals surface area contributed by atoms with Gasteiger partial charge in [-0.1, -0.05) is 13.3 Å². The molecule has 2 atom stereocenters. The highest BCUT2D eigenvalue weighted by Gasteiger charge is 2.23. The van der Waals surface area contributed by atoms with E-state index in [0.29, 0.717) is 6.04 Å². The average Bonchev–Trinajstić information content (AvgIpc) is 2.84. The van der Waals surface area contributed by atoms with E-state index in [4.69, 9.17) is 4.42 Å². The van der Waals surface area contributed by atoms with Crippen LogP contribution >= 0.6 is 0 Å². The second-order valence-electron chi connectivity index (χ2n) is 4.91. The maximum absolute atomic E-state index is 5.55. The molecule has 1 aliphatic rings. The van der Waals surface area contributed by atoms with Gasteiger partial charge in [0.2, 0.25) is 5.89 Å². The zero-order chi connectivity index (χ0) is 11.5. The highest BCUT2D eigenvalue weighted by Crippen LogP contribution is 2.27. The molecule has 0 spiro atoms. The molecule has 0 aromatic carbocycles. The van der Waals surface area contributed by atoms with Gasteiger partial charge < -0.3 is 9.73 Å². The highest BCUT2D eigenvalue weighted by atomic mass is 16.4. The molecular weight excluding hydrogens is 200 g/mol. The summed E-state index contributed by atoms with van der Waals surface area (Å²) in [6, 6.07) is 0.664. The number of hydrogen-bond acceptors (Lipinski definition) is 3. The smallest absolute Gasteiger partial charge is 0.208 e. The normalized spacial score (nSPS) is 25.2. The van der Waals surface area contributed by atoms with Crippen LogP contribution in [0.1, 0.15) is 50.0 Å². The topological polar surface area (TPSA) is 38.1 Å². The van der Waals surface area contributed by atoms with Gasteiger partial charge >= 0.3 is 0 Å². The summed E-state index contributed by atoms with van der Waals surface area (Å²) < 4.78 is 5.55. The quantitative estimate of drug-likeness (QED) is 0.851. The number of aryl methyl sites for hydroxylation is 2. The number of hydrogen-bond donors (Lipinski definition) is 1. The van der Waals surface area contributed by atoms with Gasteiger partial charge in [-0.25, -0.2) is 4.98 Å². The summed E-state index contributed by atoms with van der Waals surface area (Å²) in [6.45, 7) is 7.02. The van der Waals surface area contributed by atoms with E-state index in [1.165, 1.54) is 25.7 Å². The monoisotopic (exact) mass is 222 g/mol. The van der Waals surface area contributed by atoms with Crippen LogP contribution in [0.3, 0.4) is 0 Å². The molecule has 1 aromatic heterocycles. The van der Waals surface area contributed by atoms with Gasteiger partial charge in [0.1, 0.15) is 5.76 Å². The minimum atomic E-state index is 0.664. The number of oxazole rings is 1. The summed E-state index contributed by atoms with van der Waals surface area (Å²) in [5.74, 6) is 2.69. The molecule has 1 fully saturated rings. The zero-order valence-corrected chi connectivity index (χ0v) is 10.5. The minimum absolute atomic E-state index is 0.664. The SMILES string of the molecule is CCC1CCC(NCc2nc(C)c(C)o2)C1. The summed E-state index contributed by atoms with van der Waals surface area (Å²) in [6.07, 6.45) is 5.31. The Morgan fingerprint density at radius 3 is 2.75 bits per heavy atom. The van der Waals surface area contributed by atoms with Gasteiger partial charge in [-0.15, -0.1) is 0 Å². The van der Waals surface area contributed by atoms with Gasteiger partial charge in [-0.2, -0.15) is 0 Å².